The molecule has 0 aliphatic heterocycles. The van der Waals surface area contributed by atoms with E-state index in [1.54, 1.807) is 20.8 Å². The highest BCUT2D eigenvalue weighted by molar-refractivity contribution is 5.86. The number of carbonyl (C=O) groups is 3. The normalized spacial score (nSPS) is 12.7. The second-order valence-electron chi connectivity index (χ2n) is 7.74. The summed E-state index contributed by atoms with van der Waals surface area (Å²) < 4.78 is 44.4. The molecule has 3 N–H and O–H groups in total. The van der Waals surface area contributed by atoms with Crippen LogP contribution in [0.15, 0.2) is 24.4 Å². The number of hydrogen-bond donors (Lipinski definition) is 3. The van der Waals surface area contributed by atoms with Crippen molar-refractivity contribution in [3.05, 3.63) is 41.3 Å². The fraction of sp³-hybridized carbons (Fsp3) is 0.421. The molecule has 2 heterocycles. The second-order valence-corrected chi connectivity index (χ2v) is 7.74. The number of alkyl halides is 3. The van der Waals surface area contributed by atoms with E-state index < -0.39 is 47.2 Å². The first-order valence-electron chi connectivity index (χ1n) is 9.30. The Balaban J connectivity index is 2.11. The van der Waals surface area contributed by atoms with Crippen LogP contribution in [0, 0.1) is 0 Å². The number of hydrogen-bond acceptors (Lipinski definition) is 6. The van der Waals surface area contributed by atoms with Gasteiger partial charge in [0.15, 0.2) is 17.2 Å². The van der Waals surface area contributed by atoms with Crippen LogP contribution < -0.4 is 10.6 Å². The Morgan fingerprint density at radius 2 is 1.88 bits per heavy atom. The third kappa shape index (κ3) is 6.68. The second kappa shape index (κ2) is 9.24. The number of carboxylic acids is 1. The van der Waals surface area contributed by atoms with Gasteiger partial charge in [-0.25, -0.2) is 19.3 Å². The van der Waals surface area contributed by atoms with E-state index in [-0.39, 0.29) is 12.4 Å². The lowest BCUT2D eigenvalue weighted by Crippen LogP contribution is -2.46. The summed E-state index contributed by atoms with van der Waals surface area (Å²) in [6.45, 7) is 6.39. The molecule has 1 atom stereocenters. The fourth-order valence-electron chi connectivity index (χ4n) is 2.43. The maximum Gasteiger partial charge on any atom is 0.435 e. The summed E-state index contributed by atoms with van der Waals surface area (Å²) in [7, 11) is 0. The number of rotatable bonds is 6. The predicted octanol–water partition coefficient (Wildman–Crippen LogP) is 2.51. The highest BCUT2D eigenvalue weighted by Gasteiger charge is 2.36. The van der Waals surface area contributed by atoms with Crippen molar-refractivity contribution >= 4 is 18.0 Å². The molecule has 2 aromatic heterocycles. The van der Waals surface area contributed by atoms with Gasteiger partial charge in [0.1, 0.15) is 11.6 Å². The molecule has 13 heteroatoms. The molecule has 0 aliphatic rings. The van der Waals surface area contributed by atoms with Crippen molar-refractivity contribution in [3.63, 3.8) is 0 Å². The largest absolute Gasteiger partial charge is 0.477 e. The first-order valence-corrected chi connectivity index (χ1v) is 9.30. The highest BCUT2D eigenvalue weighted by Crippen LogP contribution is 2.29. The summed E-state index contributed by atoms with van der Waals surface area (Å²) in [5, 5.41) is 17.4. The van der Waals surface area contributed by atoms with E-state index in [4.69, 9.17) is 4.74 Å². The van der Waals surface area contributed by atoms with Gasteiger partial charge in [-0.05, 0) is 45.4 Å². The lowest BCUT2D eigenvalue weighted by Gasteiger charge is -2.21. The maximum absolute atomic E-state index is 12.9. The number of carboxylic acid groups (broad SMARTS) is 1. The summed E-state index contributed by atoms with van der Waals surface area (Å²) in [4.78, 5) is 39.2. The number of aromatic carboxylic acids is 1. The number of alkyl carbamates (subject to hydrolysis) is 1. The maximum atomic E-state index is 12.9. The van der Waals surface area contributed by atoms with Crippen LogP contribution in [0.5, 0.6) is 0 Å². The standard InChI is InChI=1S/C19H22F3N5O5/c1-10(25-17(31)32-18(2,3)4)15(28)24-9-11-5-6-23-14(7-11)27-12(16(29)30)8-13(26-27)19(20,21)22/h5-8,10H,9H2,1-4H3,(H,24,28)(H,25,31)(H,29,30). The number of carbonyl (C=O) groups excluding carboxylic acids is 2. The van der Waals surface area contributed by atoms with Gasteiger partial charge in [0.2, 0.25) is 5.91 Å². The average Bonchev–Trinajstić information content (AvgIpc) is 3.11. The Bertz CT molecular complexity index is 1010. The molecule has 0 fully saturated rings. The zero-order valence-electron chi connectivity index (χ0n) is 17.6. The van der Waals surface area contributed by atoms with Crippen molar-refractivity contribution in [1.82, 2.24) is 25.4 Å². The van der Waals surface area contributed by atoms with E-state index in [1.165, 1.54) is 25.3 Å². The topological polar surface area (TPSA) is 135 Å². The van der Waals surface area contributed by atoms with Gasteiger partial charge >= 0.3 is 18.2 Å². The van der Waals surface area contributed by atoms with E-state index in [1.807, 2.05) is 0 Å². The fourth-order valence-corrected chi connectivity index (χ4v) is 2.43. The molecule has 0 aromatic carbocycles. The van der Waals surface area contributed by atoms with E-state index in [9.17, 15) is 32.7 Å². The van der Waals surface area contributed by atoms with Gasteiger partial charge in [-0.1, -0.05) is 0 Å². The minimum Gasteiger partial charge on any atom is -0.477 e. The van der Waals surface area contributed by atoms with Crippen LogP contribution in [-0.2, 0) is 22.3 Å². The number of ether oxygens (including phenoxy) is 1. The summed E-state index contributed by atoms with van der Waals surface area (Å²) in [5.74, 6) is -2.33. The first-order chi connectivity index (χ1) is 14.7. The lowest BCUT2D eigenvalue weighted by atomic mass is 10.2. The van der Waals surface area contributed by atoms with Crippen LogP contribution in [0.25, 0.3) is 5.82 Å². The zero-order chi connectivity index (χ0) is 24.3. The quantitative estimate of drug-likeness (QED) is 0.607. The molecule has 2 aromatic rings. The molecule has 174 valence electrons. The van der Waals surface area contributed by atoms with Crippen LogP contribution in [0.2, 0.25) is 0 Å². The number of pyridine rings is 1. The van der Waals surface area contributed by atoms with Gasteiger partial charge in [0.05, 0.1) is 0 Å². The minimum absolute atomic E-state index is 0.0650. The summed E-state index contributed by atoms with van der Waals surface area (Å²) in [6.07, 6.45) is -4.37. The third-order valence-corrected chi connectivity index (χ3v) is 3.84. The summed E-state index contributed by atoms with van der Waals surface area (Å²) in [5.41, 5.74) is -2.42. The van der Waals surface area contributed by atoms with Gasteiger partial charge in [-0.2, -0.15) is 18.3 Å². The van der Waals surface area contributed by atoms with Crippen molar-refractivity contribution in [1.29, 1.82) is 0 Å². The molecule has 0 saturated heterocycles. The van der Waals surface area contributed by atoms with Gasteiger partial charge in [0.25, 0.3) is 0 Å². The van der Waals surface area contributed by atoms with Crippen molar-refractivity contribution in [2.45, 2.75) is 52.1 Å². The summed E-state index contributed by atoms with van der Waals surface area (Å²) in [6, 6.07) is 2.24. The molecule has 0 radical (unpaired) electrons. The third-order valence-electron chi connectivity index (χ3n) is 3.84. The van der Waals surface area contributed by atoms with Crippen molar-refractivity contribution in [2.24, 2.45) is 0 Å². The molecule has 0 aliphatic carbocycles. The van der Waals surface area contributed by atoms with Crippen LogP contribution in [0.4, 0.5) is 18.0 Å². The van der Waals surface area contributed by atoms with E-state index in [0.29, 0.717) is 16.3 Å². The minimum atomic E-state index is -4.84. The average molecular weight is 457 g/mol. The van der Waals surface area contributed by atoms with Crippen LogP contribution in [0.1, 0.15) is 49.4 Å². The summed E-state index contributed by atoms with van der Waals surface area (Å²) >= 11 is 0. The number of halogens is 3. The Kier molecular flexibility index (Phi) is 7.11. The zero-order valence-corrected chi connectivity index (χ0v) is 17.6. The first kappa shape index (κ1) is 24.6. The Labute approximate surface area is 180 Å². The molecule has 0 bridgehead atoms. The van der Waals surface area contributed by atoms with Gasteiger partial charge < -0.3 is 20.5 Å². The van der Waals surface area contributed by atoms with Gasteiger partial charge in [0, 0.05) is 18.8 Å². The molecule has 10 nitrogen and oxygen atoms in total. The smallest absolute Gasteiger partial charge is 0.435 e. The monoisotopic (exact) mass is 457 g/mol. The molecule has 0 spiro atoms. The Hall–Kier alpha value is -3.64. The van der Waals surface area contributed by atoms with Crippen LogP contribution in [-0.4, -0.2) is 49.5 Å². The Morgan fingerprint density at radius 1 is 1.22 bits per heavy atom. The molecule has 0 saturated carbocycles. The van der Waals surface area contributed by atoms with Crippen molar-refractivity contribution in [3.8, 4) is 5.82 Å². The van der Waals surface area contributed by atoms with Crippen LogP contribution >= 0.6 is 0 Å². The van der Waals surface area contributed by atoms with E-state index >= 15 is 0 Å². The Morgan fingerprint density at radius 3 is 2.44 bits per heavy atom. The van der Waals surface area contributed by atoms with Gasteiger partial charge in [-0.15, -0.1) is 0 Å². The lowest BCUT2D eigenvalue weighted by molar-refractivity contribution is -0.141. The van der Waals surface area contributed by atoms with Crippen molar-refractivity contribution < 1.29 is 37.4 Å². The predicted molar refractivity (Wildman–Crippen MR) is 104 cm³/mol. The number of aromatic nitrogens is 3. The number of amides is 2. The molecular weight excluding hydrogens is 435 g/mol. The molecule has 2 amide bonds. The molecule has 1 unspecified atom stereocenters. The van der Waals surface area contributed by atoms with Crippen LogP contribution in [0.3, 0.4) is 0 Å². The number of nitrogens with zero attached hydrogens (tertiary/aromatic N) is 3. The van der Waals surface area contributed by atoms with Gasteiger partial charge in [-0.3, -0.25) is 4.79 Å². The van der Waals surface area contributed by atoms with Crippen molar-refractivity contribution in [2.75, 3.05) is 0 Å². The molecule has 2 rings (SSSR count). The van der Waals surface area contributed by atoms with E-state index in [0.717, 1.165) is 0 Å². The highest BCUT2D eigenvalue weighted by atomic mass is 19.4. The molecular formula is C19H22F3N5O5. The molecule has 32 heavy (non-hydrogen) atoms. The van der Waals surface area contributed by atoms with E-state index in [2.05, 4.69) is 20.7 Å². The SMILES string of the molecule is CC(NC(=O)OC(C)(C)C)C(=O)NCc1ccnc(-n2nc(C(F)(F)F)cc2C(=O)O)c1. The number of nitrogens with one attached hydrogen (secondary N) is 2.